The first-order valence-corrected chi connectivity index (χ1v) is 8.55. The van der Waals surface area contributed by atoms with Gasteiger partial charge in [0, 0.05) is 10.2 Å². The molecule has 0 heterocycles. The zero-order valence-electron chi connectivity index (χ0n) is 15.0. The van der Waals surface area contributed by atoms with Gasteiger partial charge in [0.25, 0.3) is 0 Å². The van der Waals surface area contributed by atoms with Gasteiger partial charge in [0.2, 0.25) is 0 Å². The van der Waals surface area contributed by atoms with Crippen LogP contribution in [0.1, 0.15) is 52.7 Å². The molecule has 0 atom stereocenters. The third-order valence-corrected chi connectivity index (χ3v) is 5.54. The molecule has 3 rings (SSSR count). The van der Waals surface area contributed by atoms with Crippen molar-refractivity contribution in [3.8, 4) is 11.1 Å². The van der Waals surface area contributed by atoms with E-state index in [9.17, 15) is 5.11 Å². The highest BCUT2D eigenvalue weighted by Crippen LogP contribution is 2.47. The van der Waals surface area contributed by atoms with Gasteiger partial charge in [-0.15, -0.1) is 0 Å². The lowest BCUT2D eigenvalue weighted by molar-refractivity contribution is 0.0500. The smallest absolute Gasteiger partial charge is 0.0729 e. The second kappa shape index (κ2) is 5.99. The predicted molar refractivity (Wildman–Crippen MR) is 103 cm³/mol. The lowest BCUT2D eigenvalue weighted by Crippen LogP contribution is -2.40. The minimum atomic E-state index is -0.698. The Bertz CT molecular complexity index is 628. The fourth-order valence-corrected chi connectivity index (χ4v) is 2.67. The summed E-state index contributed by atoms with van der Waals surface area (Å²) in [5, 5.41) is 9.28. The topological polar surface area (TPSA) is 20.2 Å². The summed E-state index contributed by atoms with van der Waals surface area (Å²) in [7, 11) is 0. The number of aliphatic hydroxyl groups is 1. The number of benzene rings is 2. The van der Waals surface area contributed by atoms with E-state index in [1.165, 1.54) is 22.3 Å². The standard InChI is InChI=1S/C15H14.C6H14OS/c1-15(2)13-9-5-3-7-11(13)12-8-4-6-10-14(12)15;1-5(2,7)6(3,4)8/h3-10H,1-2H3;7-8H,1-4H3. The summed E-state index contributed by atoms with van der Waals surface area (Å²) in [6.07, 6.45) is 0. The lowest BCUT2D eigenvalue weighted by Gasteiger charge is -2.32. The van der Waals surface area contributed by atoms with Crippen LogP contribution in [0.4, 0.5) is 0 Å². The van der Waals surface area contributed by atoms with E-state index in [4.69, 9.17) is 0 Å². The second-order valence-corrected chi connectivity index (χ2v) is 8.95. The third kappa shape index (κ3) is 3.49. The van der Waals surface area contributed by atoms with Crippen molar-refractivity contribution >= 4 is 12.6 Å². The van der Waals surface area contributed by atoms with E-state index in [1.54, 1.807) is 13.8 Å². The molecule has 0 saturated carbocycles. The summed E-state index contributed by atoms with van der Waals surface area (Å²) in [4.78, 5) is 0. The van der Waals surface area contributed by atoms with Crippen LogP contribution < -0.4 is 0 Å². The Balaban J connectivity index is 0.000000207. The summed E-state index contributed by atoms with van der Waals surface area (Å²) in [5.41, 5.74) is 5.16. The summed E-state index contributed by atoms with van der Waals surface area (Å²) < 4.78 is -0.312. The van der Waals surface area contributed by atoms with Gasteiger partial charge in [-0.25, -0.2) is 0 Å². The zero-order valence-corrected chi connectivity index (χ0v) is 15.9. The SMILES string of the molecule is CC(C)(O)C(C)(C)S.CC1(C)c2ccccc2-c2ccccc21. The predicted octanol–water partition coefficient (Wildman–Crippen LogP) is 5.46. The second-order valence-electron chi connectivity index (χ2n) is 7.83. The largest absolute Gasteiger partial charge is 0.389 e. The summed E-state index contributed by atoms with van der Waals surface area (Å²) in [6.45, 7) is 11.9. The highest BCUT2D eigenvalue weighted by molar-refractivity contribution is 7.81. The molecule has 1 nitrogen and oxygen atoms in total. The van der Waals surface area contributed by atoms with Crippen LogP contribution in [0.15, 0.2) is 48.5 Å². The lowest BCUT2D eigenvalue weighted by atomic mass is 9.82. The van der Waals surface area contributed by atoms with E-state index < -0.39 is 5.60 Å². The van der Waals surface area contributed by atoms with Crippen LogP contribution >= 0.6 is 12.6 Å². The summed E-state index contributed by atoms with van der Waals surface area (Å²) in [5.74, 6) is 0. The molecule has 124 valence electrons. The van der Waals surface area contributed by atoms with E-state index in [0.717, 1.165) is 0 Å². The van der Waals surface area contributed by atoms with Crippen LogP contribution in [0.25, 0.3) is 11.1 Å². The maximum Gasteiger partial charge on any atom is 0.0729 e. The molecule has 2 aromatic rings. The first kappa shape index (κ1) is 18.1. The van der Waals surface area contributed by atoms with Crippen LogP contribution in [-0.2, 0) is 5.41 Å². The molecule has 0 amide bonds. The van der Waals surface area contributed by atoms with E-state index in [-0.39, 0.29) is 10.2 Å². The molecule has 2 aromatic carbocycles. The van der Waals surface area contributed by atoms with Crippen molar-refractivity contribution in [1.29, 1.82) is 0 Å². The maximum absolute atomic E-state index is 9.28. The van der Waals surface area contributed by atoms with Gasteiger partial charge in [0.1, 0.15) is 0 Å². The monoisotopic (exact) mass is 328 g/mol. The van der Waals surface area contributed by atoms with Crippen molar-refractivity contribution in [2.45, 2.75) is 57.3 Å². The normalized spacial score (nSPS) is 15.3. The van der Waals surface area contributed by atoms with Gasteiger partial charge >= 0.3 is 0 Å². The quantitative estimate of drug-likeness (QED) is 0.666. The summed E-state index contributed by atoms with van der Waals surface area (Å²) >= 11 is 4.19. The minimum absolute atomic E-state index is 0.160. The Morgan fingerprint density at radius 1 is 0.783 bits per heavy atom. The molecule has 1 N–H and O–H groups in total. The Morgan fingerprint density at radius 3 is 1.39 bits per heavy atom. The molecule has 0 aliphatic heterocycles. The first-order chi connectivity index (χ1) is 10.5. The van der Waals surface area contributed by atoms with E-state index in [2.05, 4.69) is 75.0 Å². The fourth-order valence-electron chi connectivity index (χ4n) is 2.67. The van der Waals surface area contributed by atoms with Crippen LogP contribution in [0, 0.1) is 0 Å². The van der Waals surface area contributed by atoms with Crippen molar-refractivity contribution in [3.05, 3.63) is 59.7 Å². The third-order valence-electron chi connectivity index (χ3n) is 4.99. The van der Waals surface area contributed by atoms with Crippen LogP contribution in [0.3, 0.4) is 0 Å². The van der Waals surface area contributed by atoms with E-state index in [1.807, 2.05) is 13.8 Å². The molecule has 0 aromatic heterocycles. The minimum Gasteiger partial charge on any atom is -0.389 e. The van der Waals surface area contributed by atoms with Gasteiger partial charge < -0.3 is 5.11 Å². The van der Waals surface area contributed by atoms with Crippen molar-refractivity contribution in [2.75, 3.05) is 0 Å². The van der Waals surface area contributed by atoms with Gasteiger partial charge in [-0.3, -0.25) is 0 Å². The molecular formula is C21H28OS. The van der Waals surface area contributed by atoms with Crippen molar-refractivity contribution in [3.63, 3.8) is 0 Å². The number of hydrogen-bond acceptors (Lipinski definition) is 2. The highest BCUT2D eigenvalue weighted by atomic mass is 32.1. The van der Waals surface area contributed by atoms with Crippen molar-refractivity contribution in [1.82, 2.24) is 0 Å². The Labute approximate surface area is 146 Å². The molecule has 23 heavy (non-hydrogen) atoms. The molecule has 0 spiro atoms. The molecular weight excluding hydrogens is 300 g/mol. The Morgan fingerprint density at radius 2 is 1.09 bits per heavy atom. The number of fused-ring (bicyclic) bond motifs is 3. The molecule has 0 radical (unpaired) electrons. The van der Waals surface area contributed by atoms with Gasteiger partial charge in [0.05, 0.1) is 5.60 Å². The molecule has 0 unspecified atom stereocenters. The van der Waals surface area contributed by atoms with Crippen LogP contribution in [0.5, 0.6) is 0 Å². The van der Waals surface area contributed by atoms with Crippen molar-refractivity contribution < 1.29 is 5.11 Å². The Kier molecular flexibility index (Phi) is 4.71. The van der Waals surface area contributed by atoms with Gasteiger partial charge in [-0.05, 0) is 49.9 Å². The van der Waals surface area contributed by atoms with E-state index >= 15 is 0 Å². The average Bonchev–Trinajstić information content (AvgIpc) is 2.68. The number of hydrogen-bond donors (Lipinski definition) is 2. The molecule has 1 aliphatic rings. The maximum atomic E-state index is 9.28. The number of thiol groups is 1. The Hall–Kier alpha value is -1.25. The van der Waals surface area contributed by atoms with Gasteiger partial charge in [0.15, 0.2) is 0 Å². The van der Waals surface area contributed by atoms with Gasteiger partial charge in [-0.1, -0.05) is 62.4 Å². The average molecular weight is 329 g/mol. The molecule has 0 bridgehead atoms. The fraction of sp³-hybridized carbons (Fsp3) is 0.429. The molecule has 2 heteroatoms. The van der Waals surface area contributed by atoms with Crippen LogP contribution in [0.2, 0.25) is 0 Å². The van der Waals surface area contributed by atoms with Crippen LogP contribution in [-0.4, -0.2) is 15.5 Å². The van der Waals surface area contributed by atoms with Crippen molar-refractivity contribution in [2.24, 2.45) is 0 Å². The molecule has 0 fully saturated rings. The van der Waals surface area contributed by atoms with E-state index in [0.29, 0.717) is 0 Å². The molecule has 0 saturated heterocycles. The zero-order chi connectivity index (χ0) is 17.5. The molecule has 1 aliphatic carbocycles. The highest BCUT2D eigenvalue weighted by Gasteiger charge is 2.34. The first-order valence-electron chi connectivity index (χ1n) is 8.10. The number of rotatable bonds is 1. The van der Waals surface area contributed by atoms with Gasteiger partial charge in [-0.2, -0.15) is 12.6 Å². The summed E-state index contributed by atoms with van der Waals surface area (Å²) in [6, 6.07) is 17.4.